The van der Waals surface area contributed by atoms with E-state index in [0.29, 0.717) is 23.8 Å². The number of carbonyl (C=O) groups excluding carboxylic acids is 1. The highest BCUT2D eigenvalue weighted by Crippen LogP contribution is 2.32. The second-order valence-corrected chi connectivity index (χ2v) is 8.07. The van der Waals surface area contributed by atoms with E-state index in [1.54, 1.807) is 12.1 Å². The van der Waals surface area contributed by atoms with Gasteiger partial charge < -0.3 is 19.5 Å². The van der Waals surface area contributed by atoms with Gasteiger partial charge in [-0.2, -0.15) is 0 Å². The number of sulfonamides is 1. The fraction of sp³-hybridized carbons (Fsp3) is 0.350. The number of anilines is 1. The van der Waals surface area contributed by atoms with Gasteiger partial charge in [-0.3, -0.25) is 9.10 Å². The van der Waals surface area contributed by atoms with Crippen molar-refractivity contribution in [1.82, 2.24) is 5.32 Å². The first-order valence-corrected chi connectivity index (χ1v) is 10.8. The Hall–Kier alpha value is -2.94. The van der Waals surface area contributed by atoms with Crippen LogP contribution >= 0.6 is 0 Å². The van der Waals surface area contributed by atoms with Gasteiger partial charge in [0.25, 0.3) is 0 Å². The molecule has 0 aliphatic heterocycles. The number of nitrogens with zero attached hydrogens (tertiary/aromatic N) is 1. The van der Waals surface area contributed by atoms with Gasteiger partial charge in [-0.15, -0.1) is 0 Å². The summed E-state index contributed by atoms with van der Waals surface area (Å²) in [4.78, 5) is 12.4. The van der Waals surface area contributed by atoms with Crippen LogP contribution < -0.4 is 23.8 Å². The monoisotopic (exact) mass is 422 g/mol. The van der Waals surface area contributed by atoms with E-state index < -0.39 is 15.9 Å². The molecule has 0 radical (unpaired) electrons. The molecule has 1 amide bonds. The van der Waals surface area contributed by atoms with Crippen LogP contribution in [0.1, 0.15) is 12.5 Å². The van der Waals surface area contributed by atoms with Gasteiger partial charge in [-0.05, 0) is 36.8 Å². The van der Waals surface area contributed by atoms with Gasteiger partial charge in [0.2, 0.25) is 15.9 Å². The lowest BCUT2D eigenvalue weighted by atomic mass is 10.2. The number of methoxy groups -OCH3 is 2. The van der Waals surface area contributed by atoms with Crippen molar-refractivity contribution in [1.29, 1.82) is 0 Å². The summed E-state index contributed by atoms with van der Waals surface area (Å²) in [6.07, 6.45) is 1.05. The predicted molar refractivity (Wildman–Crippen MR) is 111 cm³/mol. The molecule has 0 unspecified atom stereocenters. The number of nitrogens with one attached hydrogen (secondary N) is 1. The molecule has 0 saturated heterocycles. The van der Waals surface area contributed by atoms with Gasteiger partial charge in [0, 0.05) is 12.6 Å². The number of benzene rings is 2. The molecule has 1 N–H and O–H groups in total. The number of carbonyl (C=O) groups is 1. The summed E-state index contributed by atoms with van der Waals surface area (Å²) in [5, 5.41) is 2.73. The largest absolute Gasteiger partial charge is 0.494 e. The van der Waals surface area contributed by atoms with E-state index in [-0.39, 0.29) is 13.1 Å². The SMILES string of the molecule is CCOc1ccc(CNC(=O)CN(c2ccc(OC)c(OC)c2)S(C)(=O)=O)cc1. The van der Waals surface area contributed by atoms with Crippen LogP contribution in [0.15, 0.2) is 42.5 Å². The summed E-state index contributed by atoms with van der Waals surface area (Å²) >= 11 is 0. The molecule has 0 aliphatic carbocycles. The molecule has 0 bridgehead atoms. The molecule has 2 aromatic carbocycles. The Morgan fingerprint density at radius 1 is 1.03 bits per heavy atom. The van der Waals surface area contributed by atoms with Crippen molar-refractivity contribution in [3.05, 3.63) is 48.0 Å². The maximum atomic E-state index is 12.4. The maximum absolute atomic E-state index is 12.4. The zero-order valence-corrected chi connectivity index (χ0v) is 17.8. The van der Waals surface area contributed by atoms with Crippen molar-refractivity contribution >= 4 is 21.6 Å². The maximum Gasteiger partial charge on any atom is 0.241 e. The first-order valence-electron chi connectivity index (χ1n) is 8.96. The minimum Gasteiger partial charge on any atom is -0.494 e. The molecule has 0 atom stereocenters. The van der Waals surface area contributed by atoms with Crippen LogP contribution in [0.4, 0.5) is 5.69 Å². The van der Waals surface area contributed by atoms with Crippen LogP contribution in [-0.2, 0) is 21.4 Å². The van der Waals surface area contributed by atoms with Gasteiger partial charge in [0.05, 0.1) is 32.8 Å². The number of ether oxygens (including phenoxy) is 3. The highest BCUT2D eigenvalue weighted by atomic mass is 32.2. The number of hydrogen-bond donors (Lipinski definition) is 1. The quantitative estimate of drug-likeness (QED) is 0.631. The Kier molecular flexibility index (Phi) is 7.72. The molecule has 2 aromatic rings. The van der Waals surface area contributed by atoms with Gasteiger partial charge in [-0.1, -0.05) is 12.1 Å². The molecule has 0 fully saturated rings. The molecule has 8 nitrogen and oxygen atoms in total. The first kappa shape index (κ1) is 22.4. The molecule has 0 aliphatic rings. The molecular formula is C20H26N2O6S. The Balaban J connectivity index is 2.09. The van der Waals surface area contributed by atoms with Gasteiger partial charge in [0.1, 0.15) is 12.3 Å². The van der Waals surface area contributed by atoms with E-state index in [9.17, 15) is 13.2 Å². The molecule has 0 spiro atoms. The minimum atomic E-state index is -3.69. The van der Waals surface area contributed by atoms with E-state index >= 15 is 0 Å². The van der Waals surface area contributed by atoms with Crippen LogP contribution in [0.2, 0.25) is 0 Å². The smallest absolute Gasteiger partial charge is 0.241 e. The van der Waals surface area contributed by atoms with E-state index in [4.69, 9.17) is 14.2 Å². The van der Waals surface area contributed by atoms with Crippen LogP contribution in [0.25, 0.3) is 0 Å². The Morgan fingerprint density at radius 3 is 2.24 bits per heavy atom. The van der Waals surface area contributed by atoms with Crippen LogP contribution in [0.5, 0.6) is 17.2 Å². The summed E-state index contributed by atoms with van der Waals surface area (Å²) in [7, 11) is -0.752. The summed E-state index contributed by atoms with van der Waals surface area (Å²) in [6.45, 7) is 2.40. The lowest BCUT2D eigenvalue weighted by Crippen LogP contribution is -2.40. The molecule has 2 rings (SSSR count). The average molecular weight is 423 g/mol. The van der Waals surface area contributed by atoms with Crippen molar-refractivity contribution in [3.63, 3.8) is 0 Å². The van der Waals surface area contributed by atoms with Crippen molar-refractivity contribution in [2.24, 2.45) is 0 Å². The van der Waals surface area contributed by atoms with Crippen molar-refractivity contribution in [2.45, 2.75) is 13.5 Å². The predicted octanol–water partition coefficient (Wildman–Crippen LogP) is 2.18. The fourth-order valence-corrected chi connectivity index (χ4v) is 3.49. The lowest BCUT2D eigenvalue weighted by molar-refractivity contribution is -0.119. The number of rotatable bonds is 10. The average Bonchev–Trinajstić information content (AvgIpc) is 2.70. The fourth-order valence-electron chi connectivity index (χ4n) is 2.64. The molecule has 29 heavy (non-hydrogen) atoms. The first-order chi connectivity index (χ1) is 13.8. The van der Waals surface area contributed by atoms with Crippen LogP contribution in [0, 0.1) is 0 Å². The number of hydrogen-bond acceptors (Lipinski definition) is 6. The third-order valence-corrected chi connectivity index (χ3v) is 5.21. The van der Waals surface area contributed by atoms with Crippen molar-refractivity contribution < 1.29 is 27.4 Å². The molecule has 9 heteroatoms. The standard InChI is InChI=1S/C20H26N2O6S/c1-5-28-17-9-6-15(7-10-17)13-21-20(23)14-22(29(4,24)25)16-8-11-18(26-2)19(12-16)27-3/h6-12H,5,13-14H2,1-4H3,(H,21,23). The minimum absolute atomic E-state index is 0.273. The van der Waals surface area contributed by atoms with Gasteiger partial charge in [0.15, 0.2) is 11.5 Å². The highest BCUT2D eigenvalue weighted by Gasteiger charge is 2.22. The molecule has 158 valence electrons. The third-order valence-electron chi connectivity index (χ3n) is 4.07. The van der Waals surface area contributed by atoms with Crippen LogP contribution in [-0.4, -0.2) is 48.0 Å². The van der Waals surface area contributed by atoms with Crippen LogP contribution in [0.3, 0.4) is 0 Å². The lowest BCUT2D eigenvalue weighted by Gasteiger charge is -2.23. The van der Waals surface area contributed by atoms with E-state index in [2.05, 4.69) is 5.32 Å². The van der Waals surface area contributed by atoms with Crippen molar-refractivity contribution in [3.8, 4) is 17.2 Å². The molecule has 0 aromatic heterocycles. The second kappa shape index (κ2) is 10.0. The summed E-state index contributed by atoms with van der Waals surface area (Å²) in [6, 6.07) is 12.0. The molecular weight excluding hydrogens is 396 g/mol. The van der Waals surface area contributed by atoms with Crippen molar-refractivity contribution in [2.75, 3.05) is 37.9 Å². The molecule has 0 saturated carbocycles. The van der Waals surface area contributed by atoms with Gasteiger partial charge >= 0.3 is 0 Å². The number of amides is 1. The third kappa shape index (κ3) is 6.28. The Labute approximate surface area is 171 Å². The zero-order valence-electron chi connectivity index (χ0n) is 17.0. The Bertz CT molecular complexity index is 928. The summed E-state index contributed by atoms with van der Waals surface area (Å²) in [5.74, 6) is 1.15. The van der Waals surface area contributed by atoms with E-state index in [0.717, 1.165) is 21.9 Å². The topological polar surface area (TPSA) is 94.2 Å². The zero-order chi connectivity index (χ0) is 21.4. The highest BCUT2D eigenvalue weighted by molar-refractivity contribution is 7.92. The van der Waals surface area contributed by atoms with E-state index in [1.807, 2.05) is 31.2 Å². The summed E-state index contributed by atoms with van der Waals surface area (Å²) in [5.41, 5.74) is 1.18. The normalized spacial score (nSPS) is 10.9. The molecule has 0 heterocycles. The summed E-state index contributed by atoms with van der Waals surface area (Å²) < 4.78 is 41.3. The van der Waals surface area contributed by atoms with E-state index in [1.165, 1.54) is 20.3 Å². The van der Waals surface area contributed by atoms with Gasteiger partial charge in [-0.25, -0.2) is 8.42 Å². The second-order valence-electron chi connectivity index (χ2n) is 6.16. The Morgan fingerprint density at radius 2 is 1.69 bits per heavy atom.